The van der Waals surface area contributed by atoms with Gasteiger partial charge in [0.05, 0.1) is 6.10 Å². The van der Waals surface area contributed by atoms with Crippen LogP contribution in [0.15, 0.2) is 71.3 Å². The molecule has 194 valence electrons. The molecule has 37 heavy (non-hydrogen) atoms. The smallest absolute Gasteiger partial charge is 0.298 e. The first kappa shape index (κ1) is 25.8. The topological polar surface area (TPSA) is 75.9 Å². The predicted octanol–water partition coefficient (Wildman–Crippen LogP) is 3.54. The first-order valence-electron chi connectivity index (χ1n) is 12.6. The Kier molecular flexibility index (Phi) is 7.04. The molecule has 2 aliphatic heterocycles. The number of thioether (sulfide) groups is 1. The van der Waals surface area contributed by atoms with Crippen molar-refractivity contribution in [1.29, 1.82) is 0 Å². The Morgan fingerprint density at radius 3 is 2.05 bits per heavy atom. The third-order valence-corrected chi connectivity index (χ3v) is 13.1. The van der Waals surface area contributed by atoms with Gasteiger partial charge in [-0.2, -0.15) is 4.98 Å². The number of carbonyl (C=O) groups excluding carboxylic acids is 2. The Morgan fingerprint density at radius 2 is 1.54 bits per heavy atom. The standard InChI is InChI=1S/C28H33N3O4SSi/c1-20(32)36-22-17-31(18-22)27-29-25(19-34-27)26(33)30-15-21(16-30)35-37(28(2,3)4,23-11-7-5-8-12-23)24-13-9-6-10-14-24/h5-14,19,21-22H,15-18H2,1-4H3. The van der Waals surface area contributed by atoms with Gasteiger partial charge in [0, 0.05) is 38.4 Å². The highest BCUT2D eigenvalue weighted by atomic mass is 32.2. The average molecular weight is 536 g/mol. The molecule has 2 saturated heterocycles. The van der Waals surface area contributed by atoms with Gasteiger partial charge in [-0.25, -0.2) is 0 Å². The van der Waals surface area contributed by atoms with Crippen molar-refractivity contribution in [1.82, 2.24) is 9.88 Å². The Bertz CT molecular complexity index is 1210. The fourth-order valence-electron chi connectivity index (χ4n) is 5.19. The van der Waals surface area contributed by atoms with E-state index in [0.29, 0.717) is 37.9 Å². The van der Waals surface area contributed by atoms with Gasteiger partial charge in [0.1, 0.15) is 6.26 Å². The molecule has 0 radical (unpaired) electrons. The maximum absolute atomic E-state index is 13.1. The number of rotatable bonds is 7. The van der Waals surface area contributed by atoms with Gasteiger partial charge < -0.3 is 18.6 Å². The molecule has 0 unspecified atom stereocenters. The summed E-state index contributed by atoms with van der Waals surface area (Å²) in [5, 5.41) is 2.71. The van der Waals surface area contributed by atoms with E-state index in [9.17, 15) is 9.59 Å². The predicted molar refractivity (Wildman–Crippen MR) is 149 cm³/mol. The van der Waals surface area contributed by atoms with Crippen molar-refractivity contribution >= 4 is 47.5 Å². The molecule has 2 fully saturated rings. The summed E-state index contributed by atoms with van der Waals surface area (Å²) in [6.07, 6.45) is 1.38. The van der Waals surface area contributed by atoms with E-state index in [2.05, 4.69) is 74.3 Å². The lowest BCUT2D eigenvalue weighted by Gasteiger charge is -2.49. The second kappa shape index (κ2) is 10.1. The number of likely N-dealkylation sites (tertiary alicyclic amines) is 1. The van der Waals surface area contributed by atoms with Gasteiger partial charge in [0.25, 0.3) is 20.2 Å². The minimum atomic E-state index is -2.66. The molecule has 0 bridgehead atoms. The van der Waals surface area contributed by atoms with Crippen LogP contribution < -0.4 is 15.3 Å². The van der Waals surface area contributed by atoms with Crippen molar-refractivity contribution in [3.63, 3.8) is 0 Å². The Hall–Kier alpha value is -2.88. The number of anilines is 1. The van der Waals surface area contributed by atoms with Crippen LogP contribution in [0.2, 0.25) is 5.04 Å². The van der Waals surface area contributed by atoms with Crippen molar-refractivity contribution in [2.75, 3.05) is 31.1 Å². The van der Waals surface area contributed by atoms with Crippen LogP contribution >= 0.6 is 11.8 Å². The fraction of sp³-hybridized carbons (Fsp3) is 0.393. The number of amides is 1. The average Bonchev–Trinajstić information content (AvgIpc) is 3.30. The summed E-state index contributed by atoms with van der Waals surface area (Å²) in [5.74, 6) is -0.146. The van der Waals surface area contributed by atoms with Crippen LogP contribution in [0.25, 0.3) is 0 Å². The second-order valence-corrected chi connectivity index (χ2v) is 16.5. The summed E-state index contributed by atoms with van der Waals surface area (Å²) in [5.41, 5.74) is 0.307. The number of nitrogens with zero attached hydrogens (tertiary/aromatic N) is 3. The molecule has 2 aromatic carbocycles. The SMILES string of the molecule is CC(=O)SC1CN(c2nc(C(=O)N3CC(O[Si](c4ccccc4)(c4ccccc4)C(C)(C)C)C3)co2)C1. The van der Waals surface area contributed by atoms with Crippen molar-refractivity contribution < 1.29 is 18.4 Å². The van der Waals surface area contributed by atoms with Crippen LogP contribution in [0.1, 0.15) is 38.2 Å². The number of benzene rings is 2. The zero-order chi connectivity index (χ0) is 26.2. The lowest BCUT2D eigenvalue weighted by atomic mass is 10.1. The second-order valence-electron chi connectivity index (χ2n) is 10.8. The lowest BCUT2D eigenvalue weighted by Crippen LogP contribution is -2.71. The third-order valence-electron chi connectivity index (χ3n) is 7.06. The molecule has 2 aliphatic rings. The molecule has 0 N–H and O–H groups in total. The monoisotopic (exact) mass is 535 g/mol. The summed E-state index contributed by atoms with van der Waals surface area (Å²) >= 11 is 1.34. The van der Waals surface area contributed by atoms with Crippen LogP contribution in [-0.4, -0.2) is 66.8 Å². The van der Waals surface area contributed by atoms with E-state index in [1.54, 1.807) is 11.8 Å². The number of carbonyl (C=O) groups is 2. The zero-order valence-electron chi connectivity index (χ0n) is 21.7. The number of oxazole rings is 1. The minimum absolute atomic E-state index is 0.0543. The van der Waals surface area contributed by atoms with Gasteiger partial charge in [0.2, 0.25) is 0 Å². The molecule has 1 aromatic heterocycles. The maximum atomic E-state index is 13.1. The van der Waals surface area contributed by atoms with E-state index in [1.807, 2.05) is 17.0 Å². The first-order valence-corrected chi connectivity index (χ1v) is 15.4. The normalized spacial score (nSPS) is 16.9. The maximum Gasteiger partial charge on any atom is 0.298 e. The van der Waals surface area contributed by atoms with Gasteiger partial charge in [-0.15, -0.1) is 0 Å². The van der Waals surface area contributed by atoms with Crippen molar-refractivity contribution in [2.45, 2.75) is 44.1 Å². The van der Waals surface area contributed by atoms with Gasteiger partial charge in [-0.1, -0.05) is 93.2 Å². The molecule has 5 rings (SSSR count). The van der Waals surface area contributed by atoms with Gasteiger partial charge in [-0.05, 0) is 15.4 Å². The van der Waals surface area contributed by atoms with E-state index >= 15 is 0 Å². The summed E-state index contributed by atoms with van der Waals surface area (Å²) in [6, 6.07) is 21.5. The molecule has 9 heteroatoms. The molecule has 3 heterocycles. The molecule has 3 aromatic rings. The van der Waals surface area contributed by atoms with Crippen LogP contribution in [0.3, 0.4) is 0 Å². The van der Waals surface area contributed by atoms with E-state index in [4.69, 9.17) is 8.84 Å². The van der Waals surface area contributed by atoms with E-state index in [1.165, 1.54) is 28.4 Å². The summed E-state index contributed by atoms with van der Waals surface area (Å²) < 4.78 is 12.7. The Morgan fingerprint density at radius 1 is 0.973 bits per heavy atom. The lowest BCUT2D eigenvalue weighted by molar-refractivity contribution is -0.109. The molecule has 0 atom stereocenters. The van der Waals surface area contributed by atoms with Crippen molar-refractivity contribution in [3.8, 4) is 0 Å². The summed E-state index contributed by atoms with van der Waals surface area (Å²) in [6.45, 7) is 10.8. The highest BCUT2D eigenvalue weighted by Crippen LogP contribution is 2.38. The number of hydrogen-bond acceptors (Lipinski definition) is 7. The van der Waals surface area contributed by atoms with Crippen LogP contribution in [0.5, 0.6) is 0 Å². The molecule has 0 saturated carbocycles. The van der Waals surface area contributed by atoms with Gasteiger partial charge >= 0.3 is 0 Å². The summed E-state index contributed by atoms with van der Waals surface area (Å²) in [4.78, 5) is 32.5. The number of hydrogen-bond donors (Lipinski definition) is 0. The van der Waals surface area contributed by atoms with E-state index < -0.39 is 8.32 Å². The van der Waals surface area contributed by atoms with E-state index in [-0.39, 0.29) is 27.4 Å². The first-order chi connectivity index (χ1) is 17.7. The highest BCUT2D eigenvalue weighted by molar-refractivity contribution is 8.14. The van der Waals surface area contributed by atoms with Crippen molar-refractivity contribution in [2.24, 2.45) is 0 Å². The Balaban J connectivity index is 1.28. The quantitative estimate of drug-likeness (QED) is 0.429. The molecule has 0 aliphatic carbocycles. The zero-order valence-corrected chi connectivity index (χ0v) is 23.5. The minimum Gasteiger partial charge on any atom is -0.431 e. The summed E-state index contributed by atoms with van der Waals surface area (Å²) in [7, 11) is -2.66. The van der Waals surface area contributed by atoms with Crippen LogP contribution in [0, 0.1) is 0 Å². The fourth-order valence-corrected chi connectivity index (χ4v) is 10.8. The van der Waals surface area contributed by atoms with Crippen LogP contribution in [-0.2, 0) is 9.22 Å². The molecular weight excluding hydrogens is 502 g/mol. The Labute approximate surface area is 223 Å². The van der Waals surface area contributed by atoms with Gasteiger partial charge in [0.15, 0.2) is 10.8 Å². The highest BCUT2D eigenvalue weighted by Gasteiger charge is 2.53. The van der Waals surface area contributed by atoms with Crippen molar-refractivity contribution in [3.05, 3.63) is 72.6 Å². The number of aromatic nitrogens is 1. The molecule has 1 amide bonds. The molecule has 0 spiro atoms. The molecular formula is C28H33N3O4SSi. The van der Waals surface area contributed by atoms with E-state index in [0.717, 1.165) is 0 Å². The molecule has 7 nitrogen and oxygen atoms in total. The largest absolute Gasteiger partial charge is 0.431 e. The third kappa shape index (κ3) is 5.00. The van der Waals surface area contributed by atoms with Crippen LogP contribution in [0.4, 0.5) is 6.01 Å². The van der Waals surface area contributed by atoms with Gasteiger partial charge in [-0.3, -0.25) is 9.59 Å².